The Kier molecular flexibility index (Phi) is 9.30. The van der Waals surface area contributed by atoms with E-state index in [4.69, 9.17) is 58.5 Å². The lowest BCUT2D eigenvalue weighted by molar-refractivity contribution is -0.0722. The molecule has 4 heterocycles. The minimum absolute atomic E-state index is 0.0587. The highest BCUT2D eigenvalue weighted by Crippen LogP contribution is 2.57. The number of phenolic OH excluding ortho intramolecular Hbond substituents is 1. The number of fused-ring (bicyclic) bond motifs is 9. The number of carbonyl (C=O) groups is 2. The van der Waals surface area contributed by atoms with Gasteiger partial charge in [-0.25, -0.2) is 9.59 Å². The van der Waals surface area contributed by atoms with Crippen molar-refractivity contribution in [1.82, 2.24) is 15.1 Å². The second-order valence-corrected chi connectivity index (χ2v) is 14.9. The van der Waals surface area contributed by atoms with Crippen LogP contribution in [0.25, 0.3) is 0 Å². The number of carbonyl (C=O) groups excluding carboxylic acids is 2. The molecule has 1 amide bonds. The molecule has 15 heteroatoms. The fourth-order valence-electron chi connectivity index (χ4n) is 7.65. The molecule has 0 aliphatic carbocycles. The molecule has 5 atom stereocenters. The van der Waals surface area contributed by atoms with Crippen LogP contribution in [0.3, 0.4) is 0 Å². The number of piperazine rings is 1. The zero-order valence-corrected chi connectivity index (χ0v) is 29.0. The monoisotopic (exact) mass is 720 g/mol. The number of phenols is 1. The van der Waals surface area contributed by atoms with Gasteiger partial charge in [0.1, 0.15) is 30.8 Å². The van der Waals surface area contributed by atoms with Crippen molar-refractivity contribution in [1.29, 1.82) is 5.26 Å². The maximum Gasteiger partial charge on any atom is 0.514 e. The van der Waals surface area contributed by atoms with Crippen LogP contribution in [-0.2, 0) is 22.3 Å². The van der Waals surface area contributed by atoms with Gasteiger partial charge in [-0.15, -0.1) is 0 Å². The number of halogens is 3. The first kappa shape index (κ1) is 34.3. The molecule has 1 fully saturated rings. The molecule has 2 bridgehead atoms. The van der Waals surface area contributed by atoms with Crippen molar-refractivity contribution in [2.75, 3.05) is 33.6 Å². The van der Waals surface area contributed by atoms with E-state index in [0.29, 0.717) is 34.6 Å². The molecule has 1 saturated heterocycles. The Balaban J connectivity index is 1.53. The van der Waals surface area contributed by atoms with Gasteiger partial charge < -0.3 is 34.1 Å². The van der Waals surface area contributed by atoms with E-state index in [1.807, 2.05) is 20.9 Å². The number of rotatable bonds is 6. The first-order chi connectivity index (χ1) is 22.8. The van der Waals surface area contributed by atoms with E-state index in [-0.39, 0.29) is 49.9 Å². The molecule has 2 aromatic rings. The highest BCUT2D eigenvalue weighted by molar-refractivity contribution is 6.67. The van der Waals surface area contributed by atoms with Crippen LogP contribution < -0.4 is 19.5 Å². The summed E-state index contributed by atoms with van der Waals surface area (Å²) in [6, 6.07) is 2.19. The van der Waals surface area contributed by atoms with Crippen molar-refractivity contribution in [3.63, 3.8) is 0 Å². The predicted molar refractivity (Wildman–Crippen MR) is 176 cm³/mol. The molecule has 0 radical (unpaired) electrons. The van der Waals surface area contributed by atoms with E-state index >= 15 is 0 Å². The van der Waals surface area contributed by atoms with Crippen molar-refractivity contribution >= 4 is 47.1 Å². The summed E-state index contributed by atoms with van der Waals surface area (Å²) in [4.78, 5) is 30.0. The van der Waals surface area contributed by atoms with Gasteiger partial charge in [-0.1, -0.05) is 53.5 Å². The number of aromatic hydroxyl groups is 1. The van der Waals surface area contributed by atoms with Gasteiger partial charge in [0, 0.05) is 40.9 Å². The lowest BCUT2D eigenvalue weighted by Crippen LogP contribution is -2.68. The zero-order chi connectivity index (χ0) is 34.7. The molecule has 6 rings (SSSR count). The average Bonchev–Trinajstić information content (AvgIpc) is 3.53. The van der Waals surface area contributed by atoms with Crippen molar-refractivity contribution < 1.29 is 38.4 Å². The summed E-state index contributed by atoms with van der Waals surface area (Å²) in [5.74, 6) is 1.23. The maximum atomic E-state index is 12.9. The van der Waals surface area contributed by atoms with E-state index in [1.54, 1.807) is 6.92 Å². The summed E-state index contributed by atoms with van der Waals surface area (Å²) in [7, 11) is 1.96. The second kappa shape index (κ2) is 13.0. The quantitative estimate of drug-likeness (QED) is 0.166. The number of alkyl carbamates (subject to hydrolysis) is 1. The van der Waals surface area contributed by atoms with Crippen molar-refractivity contribution in [3.8, 4) is 29.1 Å². The number of aryl methyl sites for hydroxylation is 1. The molecule has 4 aliphatic rings. The number of benzene rings is 2. The topological polar surface area (TPSA) is 143 Å². The van der Waals surface area contributed by atoms with E-state index in [2.05, 4.69) is 33.8 Å². The first-order valence-electron chi connectivity index (χ1n) is 15.4. The molecular weight excluding hydrogens is 687 g/mol. The van der Waals surface area contributed by atoms with Crippen LogP contribution in [0, 0.1) is 32.1 Å². The standard InChI is InChI=1S/C33H35Cl3N4O8/c1-6-7-44-32(43)48-28-17(4)29-30(47-14-46-29)25-19(28)10-21-26-24-18(8-15(2)16(3)27(24)41)9-20(39(26)5)22(11-37)40(21)23(25)12-38-31(42)45-13-33(34,35)36/h6,8,20-23,26,41H,1,7,9-10,12-14H2,2-5H3,(H,38,42)/t20-,21?,22+,23+,26+/m1/s1. The van der Waals surface area contributed by atoms with Crippen molar-refractivity contribution in [3.05, 3.63) is 57.7 Å². The maximum absolute atomic E-state index is 12.9. The summed E-state index contributed by atoms with van der Waals surface area (Å²) in [5.41, 5.74) is 5.22. The van der Waals surface area contributed by atoms with Crippen LogP contribution >= 0.6 is 34.8 Å². The molecule has 0 aromatic heterocycles. The molecular formula is C33H35Cl3N4O8. The SMILES string of the molecule is C=CCOC(=O)Oc1c(C)c2c(c3c1CC1[C@H]4c5c(cc(C)c(C)c5O)C[C@H]([C@H](C#N)N1[C@H]3CNC(=O)OCC(Cl)(Cl)Cl)N4C)OCO2. The Hall–Kier alpha value is -3.60. The average molecular weight is 722 g/mol. The Morgan fingerprint density at radius 1 is 1.15 bits per heavy atom. The Labute approximate surface area is 292 Å². The summed E-state index contributed by atoms with van der Waals surface area (Å²) >= 11 is 17.4. The largest absolute Gasteiger partial charge is 0.514 e. The minimum Gasteiger partial charge on any atom is -0.507 e. The van der Waals surface area contributed by atoms with Crippen LogP contribution in [-0.4, -0.2) is 82.7 Å². The smallest absolute Gasteiger partial charge is 0.507 e. The molecule has 2 aromatic carbocycles. The summed E-state index contributed by atoms with van der Waals surface area (Å²) in [5, 5.41) is 25.2. The Morgan fingerprint density at radius 3 is 2.56 bits per heavy atom. The number of amides is 1. The fraction of sp³-hybridized carbons (Fsp3) is 0.485. The number of nitriles is 1. The van der Waals surface area contributed by atoms with E-state index in [9.17, 15) is 20.0 Å². The van der Waals surface area contributed by atoms with Gasteiger partial charge in [0.05, 0.1) is 18.2 Å². The van der Waals surface area contributed by atoms with Crippen LogP contribution in [0.2, 0.25) is 0 Å². The Bertz CT molecular complexity index is 1720. The van der Waals surface area contributed by atoms with E-state index < -0.39 is 40.8 Å². The second-order valence-electron chi connectivity index (χ2n) is 12.4. The predicted octanol–water partition coefficient (Wildman–Crippen LogP) is 5.62. The van der Waals surface area contributed by atoms with Crippen molar-refractivity contribution in [2.24, 2.45) is 0 Å². The molecule has 0 saturated carbocycles. The molecule has 256 valence electrons. The summed E-state index contributed by atoms with van der Waals surface area (Å²) in [6.07, 6.45) is 0.460. The normalized spacial score (nSPS) is 24.0. The van der Waals surface area contributed by atoms with E-state index in [0.717, 1.165) is 22.3 Å². The Morgan fingerprint density at radius 2 is 1.88 bits per heavy atom. The zero-order valence-electron chi connectivity index (χ0n) is 26.8. The summed E-state index contributed by atoms with van der Waals surface area (Å²) in [6.45, 7) is 8.49. The lowest BCUT2D eigenvalue weighted by atomic mass is 9.71. The fourth-order valence-corrected chi connectivity index (χ4v) is 7.81. The molecule has 1 unspecified atom stereocenters. The summed E-state index contributed by atoms with van der Waals surface area (Å²) < 4.78 is 26.3. The van der Waals surface area contributed by atoms with Crippen LogP contribution in [0.4, 0.5) is 9.59 Å². The first-order valence-corrected chi connectivity index (χ1v) is 16.5. The van der Waals surface area contributed by atoms with Crippen molar-refractivity contribution in [2.45, 2.75) is 67.6 Å². The lowest BCUT2D eigenvalue weighted by Gasteiger charge is -2.60. The number of nitrogens with zero attached hydrogens (tertiary/aromatic N) is 3. The van der Waals surface area contributed by atoms with Crippen LogP contribution in [0.5, 0.6) is 23.0 Å². The molecule has 48 heavy (non-hydrogen) atoms. The highest BCUT2D eigenvalue weighted by atomic mass is 35.6. The van der Waals surface area contributed by atoms with Crippen LogP contribution in [0.1, 0.15) is 51.0 Å². The number of hydrogen-bond donors (Lipinski definition) is 2. The van der Waals surface area contributed by atoms with Crippen LogP contribution in [0.15, 0.2) is 18.7 Å². The van der Waals surface area contributed by atoms with Gasteiger partial charge in [-0.05, 0) is 57.4 Å². The third kappa shape index (κ3) is 5.86. The number of likely N-dealkylation sites (N-methyl/N-ethyl adjacent to an activating group) is 1. The van der Waals surface area contributed by atoms with Gasteiger partial charge in [0.2, 0.25) is 10.6 Å². The number of alkyl halides is 3. The molecule has 2 N–H and O–H groups in total. The van der Waals surface area contributed by atoms with Gasteiger partial charge in [0.15, 0.2) is 11.5 Å². The number of hydrogen-bond acceptors (Lipinski definition) is 11. The highest BCUT2D eigenvalue weighted by Gasteiger charge is 2.56. The van der Waals surface area contributed by atoms with Gasteiger partial charge >= 0.3 is 12.2 Å². The molecule has 12 nitrogen and oxygen atoms in total. The van der Waals surface area contributed by atoms with Gasteiger partial charge in [0.25, 0.3) is 0 Å². The van der Waals surface area contributed by atoms with E-state index in [1.165, 1.54) is 6.08 Å². The molecule has 4 aliphatic heterocycles. The van der Waals surface area contributed by atoms with Gasteiger partial charge in [-0.2, -0.15) is 5.26 Å². The number of nitrogens with one attached hydrogen (secondary N) is 1. The molecule has 0 spiro atoms. The van der Waals surface area contributed by atoms with Gasteiger partial charge in [-0.3, -0.25) is 9.80 Å². The third-order valence-corrected chi connectivity index (χ3v) is 10.1. The third-order valence-electron chi connectivity index (χ3n) is 9.75. The number of ether oxygens (including phenoxy) is 5. The minimum atomic E-state index is -1.82.